The molecule has 1 atom stereocenters. The molecule has 0 radical (unpaired) electrons. The van der Waals surface area contributed by atoms with Crippen LogP contribution in [0.3, 0.4) is 0 Å². The van der Waals surface area contributed by atoms with Crippen molar-refractivity contribution in [2.24, 2.45) is 5.92 Å². The van der Waals surface area contributed by atoms with E-state index in [0.29, 0.717) is 10.4 Å². The van der Waals surface area contributed by atoms with Gasteiger partial charge >= 0.3 is 0 Å². The predicted octanol–water partition coefficient (Wildman–Crippen LogP) is 3.16. The SMILES string of the molecule is CC1COc2cc(Br)c(F)cc2C1. The highest BCUT2D eigenvalue weighted by Crippen LogP contribution is 2.31. The normalized spacial score (nSPS) is 20.7. The maximum atomic E-state index is 13.1. The largest absolute Gasteiger partial charge is 0.493 e. The zero-order valence-corrected chi connectivity index (χ0v) is 8.90. The maximum absolute atomic E-state index is 13.1. The minimum atomic E-state index is -0.212. The summed E-state index contributed by atoms with van der Waals surface area (Å²) in [7, 11) is 0. The molecule has 0 N–H and O–H groups in total. The number of fused-ring (bicyclic) bond motifs is 1. The third-order valence-corrected chi connectivity index (χ3v) is 2.80. The average Bonchev–Trinajstić information content (AvgIpc) is 2.08. The van der Waals surface area contributed by atoms with Gasteiger partial charge in [-0.2, -0.15) is 0 Å². The van der Waals surface area contributed by atoms with Gasteiger partial charge in [0.15, 0.2) is 0 Å². The molecule has 1 aromatic carbocycles. The van der Waals surface area contributed by atoms with Crippen molar-refractivity contribution in [3.63, 3.8) is 0 Å². The Morgan fingerprint density at radius 2 is 2.31 bits per heavy atom. The highest BCUT2D eigenvalue weighted by atomic mass is 79.9. The lowest BCUT2D eigenvalue weighted by molar-refractivity contribution is 0.233. The highest BCUT2D eigenvalue weighted by Gasteiger charge is 2.17. The van der Waals surface area contributed by atoms with Crippen LogP contribution < -0.4 is 4.74 Å². The molecule has 1 aliphatic heterocycles. The van der Waals surface area contributed by atoms with Gasteiger partial charge in [0.05, 0.1) is 11.1 Å². The van der Waals surface area contributed by atoms with Crippen molar-refractivity contribution in [3.8, 4) is 5.75 Å². The fraction of sp³-hybridized carbons (Fsp3) is 0.400. The second kappa shape index (κ2) is 3.29. The summed E-state index contributed by atoms with van der Waals surface area (Å²) in [5, 5.41) is 0. The van der Waals surface area contributed by atoms with Gasteiger partial charge in [0.2, 0.25) is 0 Å². The highest BCUT2D eigenvalue weighted by molar-refractivity contribution is 9.10. The summed E-state index contributed by atoms with van der Waals surface area (Å²) < 4.78 is 19.1. The van der Waals surface area contributed by atoms with Gasteiger partial charge in [-0.1, -0.05) is 6.92 Å². The molecule has 1 aromatic rings. The van der Waals surface area contributed by atoms with E-state index >= 15 is 0 Å². The van der Waals surface area contributed by atoms with Crippen LogP contribution in [0.4, 0.5) is 4.39 Å². The Balaban J connectivity index is 2.43. The Hall–Kier alpha value is -0.570. The first kappa shape index (κ1) is 9.00. The molecule has 0 bridgehead atoms. The van der Waals surface area contributed by atoms with Crippen molar-refractivity contribution >= 4 is 15.9 Å². The van der Waals surface area contributed by atoms with Gasteiger partial charge in [-0.25, -0.2) is 4.39 Å². The second-order valence-electron chi connectivity index (χ2n) is 3.49. The Labute approximate surface area is 85.0 Å². The number of benzene rings is 1. The quantitative estimate of drug-likeness (QED) is 0.682. The van der Waals surface area contributed by atoms with Crippen LogP contribution in [-0.2, 0) is 6.42 Å². The molecule has 0 aromatic heterocycles. The first-order chi connectivity index (χ1) is 6.16. The van der Waals surface area contributed by atoms with Crippen LogP contribution in [0.1, 0.15) is 12.5 Å². The van der Waals surface area contributed by atoms with Gasteiger partial charge < -0.3 is 4.74 Å². The van der Waals surface area contributed by atoms with E-state index in [1.165, 1.54) is 0 Å². The lowest BCUT2D eigenvalue weighted by atomic mass is 9.98. The zero-order valence-electron chi connectivity index (χ0n) is 7.31. The molecule has 0 spiro atoms. The monoisotopic (exact) mass is 244 g/mol. The molecule has 13 heavy (non-hydrogen) atoms. The fourth-order valence-electron chi connectivity index (χ4n) is 1.53. The van der Waals surface area contributed by atoms with Crippen LogP contribution in [-0.4, -0.2) is 6.61 Å². The summed E-state index contributed by atoms with van der Waals surface area (Å²) in [6.45, 7) is 2.83. The van der Waals surface area contributed by atoms with Crippen LogP contribution >= 0.6 is 15.9 Å². The van der Waals surface area contributed by atoms with Crippen molar-refractivity contribution in [2.75, 3.05) is 6.61 Å². The smallest absolute Gasteiger partial charge is 0.137 e. The summed E-state index contributed by atoms with van der Waals surface area (Å²) in [6, 6.07) is 3.26. The van der Waals surface area contributed by atoms with Crippen LogP contribution in [0.5, 0.6) is 5.75 Å². The van der Waals surface area contributed by atoms with Gasteiger partial charge in [-0.15, -0.1) is 0 Å². The van der Waals surface area contributed by atoms with Crippen molar-refractivity contribution < 1.29 is 9.13 Å². The Bertz CT molecular complexity index is 338. The summed E-state index contributed by atoms with van der Waals surface area (Å²) in [4.78, 5) is 0. The van der Waals surface area contributed by atoms with Crippen LogP contribution in [0.15, 0.2) is 16.6 Å². The van der Waals surface area contributed by atoms with E-state index < -0.39 is 0 Å². The van der Waals surface area contributed by atoms with E-state index in [-0.39, 0.29) is 5.82 Å². The molecule has 1 unspecified atom stereocenters. The van der Waals surface area contributed by atoms with Gasteiger partial charge in [0, 0.05) is 0 Å². The fourth-order valence-corrected chi connectivity index (χ4v) is 1.85. The van der Waals surface area contributed by atoms with E-state index in [9.17, 15) is 4.39 Å². The molecule has 0 amide bonds. The number of rotatable bonds is 0. The summed E-state index contributed by atoms with van der Waals surface area (Å²) >= 11 is 3.13. The summed E-state index contributed by atoms with van der Waals surface area (Å²) in [5.41, 5.74) is 0.972. The van der Waals surface area contributed by atoms with Gasteiger partial charge in [0.25, 0.3) is 0 Å². The van der Waals surface area contributed by atoms with Crippen molar-refractivity contribution in [1.29, 1.82) is 0 Å². The molecule has 2 rings (SSSR count). The molecule has 0 saturated heterocycles. The second-order valence-corrected chi connectivity index (χ2v) is 4.35. The molecule has 3 heteroatoms. The van der Waals surface area contributed by atoms with E-state index in [2.05, 4.69) is 22.9 Å². The number of hydrogen-bond acceptors (Lipinski definition) is 1. The molecular formula is C10H10BrFO. The molecule has 1 aliphatic rings. The minimum Gasteiger partial charge on any atom is -0.493 e. The van der Waals surface area contributed by atoms with Gasteiger partial charge in [0.1, 0.15) is 11.6 Å². The molecule has 0 aliphatic carbocycles. The van der Waals surface area contributed by atoms with Crippen LogP contribution in [0, 0.1) is 11.7 Å². The van der Waals surface area contributed by atoms with Crippen molar-refractivity contribution in [2.45, 2.75) is 13.3 Å². The van der Waals surface area contributed by atoms with Gasteiger partial charge in [-0.3, -0.25) is 0 Å². The number of ether oxygens (including phenoxy) is 1. The van der Waals surface area contributed by atoms with E-state index in [1.54, 1.807) is 12.1 Å². The van der Waals surface area contributed by atoms with E-state index in [1.807, 2.05) is 0 Å². The van der Waals surface area contributed by atoms with Crippen molar-refractivity contribution in [1.82, 2.24) is 0 Å². The summed E-state index contributed by atoms with van der Waals surface area (Å²) in [6.07, 6.45) is 0.902. The van der Waals surface area contributed by atoms with Gasteiger partial charge in [-0.05, 0) is 46.0 Å². The van der Waals surface area contributed by atoms with Crippen LogP contribution in [0.25, 0.3) is 0 Å². The lowest BCUT2D eigenvalue weighted by Gasteiger charge is -2.22. The third-order valence-electron chi connectivity index (χ3n) is 2.20. The maximum Gasteiger partial charge on any atom is 0.137 e. The van der Waals surface area contributed by atoms with E-state index in [4.69, 9.17) is 4.74 Å². The molecule has 0 saturated carbocycles. The Kier molecular flexibility index (Phi) is 2.28. The Morgan fingerprint density at radius 1 is 1.54 bits per heavy atom. The van der Waals surface area contributed by atoms with Crippen LogP contribution in [0.2, 0.25) is 0 Å². The molecule has 1 heterocycles. The molecular weight excluding hydrogens is 235 g/mol. The molecule has 70 valence electrons. The average molecular weight is 245 g/mol. The first-order valence-corrected chi connectivity index (χ1v) is 5.07. The standard InChI is InChI=1S/C10H10BrFO/c1-6-2-7-3-9(12)8(11)4-10(7)13-5-6/h3-4,6H,2,5H2,1H3. The Morgan fingerprint density at radius 3 is 3.08 bits per heavy atom. The third kappa shape index (κ3) is 1.70. The zero-order chi connectivity index (χ0) is 9.42. The molecule has 1 nitrogen and oxygen atoms in total. The topological polar surface area (TPSA) is 9.23 Å². The van der Waals surface area contributed by atoms with Crippen molar-refractivity contribution in [3.05, 3.63) is 28.0 Å². The predicted molar refractivity (Wildman–Crippen MR) is 52.5 cm³/mol. The first-order valence-electron chi connectivity index (χ1n) is 4.27. The number of halogens is 2. The summed E-state index contributed by atoms with van der Waals surface area (Å²) in [5.74, 6) is 1.08. The molecule has 0 fully saturated rings. The minimum absolute atomic E-state index is 0.212. The van der Waals surface area contributed by atoms with E-state index in [0.717, 1.165) is 24.3 Å². The lowest BCUT2D eigenvalue weighted by Crippen LogP contribution is -2.18. The number of hydrogen-bond donors (Lipinski definition) is 0.